The van der Waals surface area contributed by atoms with Gasteiger partial charge in [0.1, 0.15) is 12.4 Å². The van der Waals surface area contributed by atoms with E-state index in [9.17, 15) is 4.79 Å². The summed E-state index contributed by atoms with van der Waals surface area (Å²) >= 11 is 1.40. The van der Waals surface area contributed by atoms with Gasteiger partial charge in [-0.2, -0.15) is 0 Å². The van der Waals surface area contributed by atoms with Gasteiger partial charge in [-0.1, -0.05) is 55.9 Å². The number of nitrogens with zero attached hydrogens (tertiary/aromatic N) is 3. The van der Waals surface area contributed by atoms with Gasteiger partial charge in [0.2, 0.25) is 5.91 Å². The van der Waals surface area contributed by atoms with Gasteiger partial charge in [-0.05, 0) is 55.5 Å². The number of benzene rings is 2. The van der Waals surface area contributed by atoms with Crippen molar-refractivity contribution in [2.45, 2.75) is 52.4 Å². The number of anilines is 1. The van der Waals surface area contributed by atoms with E-state index in [0.29, 0.717) is 12.5 Å². The maximum atomic E-state index is 12.5. The Kier molecular flexibility index (Phi) is 8.12. The van der Waals surface area contributed by atoms with Gasteiger partial charge >= 0.3 is 0 Å². The van der Waals surface area contributed by atoms with Crippen molar-refractivity contribution in [2.75, 3.05) is 11.1 Å². The van der Waals surface area contributed by atoms with E-state index in [1.54, 1.807) is 0 Å². The predicted molar refractivity (Wildman–Crippen MR) is 126 cm³/mol. The highest BCUT2D eigenvalue weighted by molar-refractivity contribution is 7.99. The molecule has 0 spiro atoms. The van der Waals surface area contributed by atoms with Crippen molar-refractivity contribution in [3.8, 4) is 5.75 Å². The average Bonchev–Trinajstić information content (AvgIpc) is 3.15. The maximum absolute atomic E-state index is 12.5. The second kappa shape index (κ2) is 11.0. The third kappa shape index (κ3) is 6.59. The predicted octanol–water partition coefficient (Wildman–Crippen LogP) is 5.25. The second-order valence-corrected chi connectivity index (χ2v) is 8.86. The molecule has 31 heavy (non-hydrogen) atoms. The van der Waals surface area contributed by atoms with E-state index in [-0.39, 0.29) is 11.7 Å². The van der Waals surface area contributed by atoms with Crippen LogP contribution in [-0.2, 0) is 17.9 Å². The molecule has 7 heteroatoms. The fourth-order valence-electron chi connectivity index (χ4n) is 3.01. The first-order chi connectivity index (χ1) is 14.9. The van der Waals surface area contributed by atoms with E-state index in [2.05, 4.69) is 33.9 Å². The molecule has 0 atom stereocenters. The number of carbonyl (C=O) groups excluding carboxylic acids is 1. The van der Waals surface area contributed by atoms with Crippen molar-refractivity contribution in [1.29, 1.82) is 0 Å². The Labute approximate surface area is 188 Å². The van der Waals surface area contributed by atoms with Crippen LogP contribution in [0, 0.1) is 19.8 Å². The van der Waals surface area contributed by atoms with Crippen molar-refractivity contribution in [3.05, 3.63) is 65.5 Å². The molecule has 0 aliphatic heterocycles. The molecule has 0 unspecified atom stereocenters. The van der Waals surface area contributed by atoms with Crippen molar-refractivity contribution >= 4 is 23.4 Å². The Hall–Kier alpha value is -2.80. The Morgan fingerprint density at radius 1 is 1.10 bits per heavy atom. The molecule has 0 bridgehead atoms. The zero-order valence-electron chi connectivity index (χ0n) is 18.6. The molecule has 2 aromatic carbocycles. The van der Waals surface area contributed by atoms with E-state index in [4.69, 9.17) is 4.74 Å². The molecule has 0 fully saturated rings. The van der Waals surface area contributed by atoms with Crippen molar-refractivity contribution < 1.29 is 9.53 Å². The van der Waals surface area contributed by atoms with Crippen LogP contribution in [0.2, 0.25) is 0 Å². The number of ether oxygens (including phenoxy) is 1. The molecule has 0 aliphatic rings. The van der Waals surface area contributed by atoms with Gasteiger partial charge in [-0.25, -0.2) is 0 Å². The number of nitrogens with one attached hydrogen (secondary N) is 1. The first-order valence-corrected chi connectivity index (χ1v) is 11.5. The molecule has 0 saturated carbocycles. The van der Waals surface area contributed by atoms with Crippen molar-refractivity contribution in [2.24, 2.45) is 5.92 Å². The highest BCUT2D eigenvalue weighted by atomic mass is 32.2. The fraction of sp³-hybridized carbons (Fsp3) is 0.375. The normalized spacial score (nSPS) is 11.0. The summed E-state index contributed by atoms with van der Waals surface area (Å²) < 4.78 is 7.94. The SMILES string of the molecule is Cc1cccc(NC(=O)CSc2nnc(COc3ccccc3)n2CCC(C)C)c1C. The smallest absolute Gasteiger partial charge is 0.234 e. The van der Waals surface area contributed by atoms with Crippen LogP contribution in [0.5, 0.6) is 5.75 Å². The maximum Gasteiger partial charge on any atom is 0.234 e. The third-order valence-corrected chi connectivity index (χ3v) is 6.01. The van der Waals surface area contributed by atoms with E-state index in [1.165, 1.54) is 11.8 Å². The lowest BCUT2D eigenvalue weighted by atomic mass is 10.1. The number of amides is 1. The Morgan fingerprint density at radius 2 is 1.87 bits per heavy atom. The summed E-state index contributed by atoms with van der Waals surface area (Å²) in [5, 5.41) is 12.4. The standard InChI is InChI=1S/C24H30N4O2S/c1-17(2)13-14-28-22(15-30-20-10-6-5-7-11-20)26-27-24(28)31-16-23(29)25-21-12-8-9-18(3)19(21)4/h5-12,17H,13-16H2,1-4H3,(H,25,29). The molecule has 0 saturated heterocycles. The quantitative estimate of drug-likeness (QED) is 0.438. The molecule has 3 rings (SSSR count). The van der Waals surface area contributed by atoms with Gasteiger partial charge in [0, 0.05) is 12.2 Å². The summed E-state index contributed by atoms with van der Waals surface area (Å²) in [6, 6.07) is 15.6. The van der Waals surface area contributed by atoms with Crippen LogP contribution < -0.4 is 10.1 Å². The van der Waals surface area contributed by atoms with Gasteiger partial charge in [0.15, 0.2) is 11.0 Å². The number of carbonyl (C=O) groups is 1. The van der Waals surface area contributed by atoms with Crippen LogP contribution >= 0.6 is 11.8 Å². The highest BCUT2D eigenvalue weighted by Crippen LogP contribution is 2.22. The van der Waals surface area contributed by atoms with E-state index in [1.807, 2.05) is 62.4 Å². The third-order valence-electron chi connectivity index (χ3n) is 5.05. The molecule has 0 radical (unpaired) electrons. The minimum absolute atomic E-state index is 0.0563. The lowest BCUT2D eigenvalue weighted by molar-refractivity contribution is -0.113. The van der Waals surface area contributed by atoms with Crippen LogP contribution in [0.4, 0.5) is 5.69 Å². The first-order valence-electron chi connectivity index (χ1n) is 10.5. The molecule has 1 amide bonds. The van der Waals surface area contributed by atoms with Crippen LogP contribution in [0.1, 0.15) is 37.2 Å². The number of aryl methyl sites for hydroxylation is 1. The number of hydrogen-bond donors (Lipinski definition) is 1. The zero-order chi connectivity index (χ0) is 22.2. The molecular formula is C24H30N4O2S. The van der Waals surface area contributed by atoms with Gasteiger partial charge in [0.05, 0.1) is 5.75 Å². The summed E-state index contributed by atoms with van der Waals surface area (Å²) in [6.45, 7) is 9.56. The molecule has 1 N–H and O–H groups in total. The summed E-state index contributed by atoms with van der Waals surface area (Å²) in [5.74, 6) is 2.33. The van der Waals surface area contributed by atoms with Crippen LogP contribution in [0.15, 0.2) is 53.7 Å². The van der Waals surface area contributed by atoms with Crippen LogP contribution in [0.3, 0.4) is 0 Å². The molecule has 3 aromatic rings. The zero-order valence-corrected chi connectivity index (χ0v) is 19.4. The summed E-state index contributed by atoms with van der Waals surface area (Å²) in [5.41, 5.74) is 3.09. The lowest BCUT2D eigenvalue weighted by Gasteiger charge is -2.13. The van der Waals surface area contributed by atoms with E-state index < -0.39 is 0 Å². The van der Waals surface area contributed by atoms with Gasteiger partial charge in [-0.3, -0.25) is 4.79 Å². The molecule has 6 nitrogen and oxygen atoms in total. The average molecular weight is 439 g/mol. The monoisotopic (exact) mass is 438 g/mol. The molecular weight excluding hydrogens is 408 g/mol. The first kappa shape index (κ1) is 22.9. The van der Waals surface area contributed by atoms with Crippen molar-refractivity contribution in [1.82, 2.24) is 14.8 Å². The molecule has 1 aromatic heterocycles. The second-order valence-electron chi connectivity index (χ2n) is 7.92. The van der Waals surface area contributed by atoms with Gasteiger partial charge in [0.25, 0.3) is 0 Å². The number of para-hydroxylation sites is 1. The van der Waals surface area contributed by atoms with E-state index in [0.717, 1.165) is 46.5 Å². The number of hydrogen-bond acceptors (Lipinski definition) is 5. The molecule has 164 valence electrons. The topological polar surface area (TPSA) is 69.0 Å². The van der Waals surface area contributed by atoms with Crippen LogP contribution in [0.25, 0.3) is 0 Å². The highest BCUT2D eigenvalue weighted by Gasteiger charge is 2.16. The fourth-order valence-corrected chi connectivity index (χ4v) is 3.80. The van der Waals surface area contributed by atoms with E-state index >= 15 is 0 Å². The van der Waals surface area contributed by atoms with Crippen molar-refractivity contribution in [3.63, 3.8) is 0 Å². The Balaban J connectivity index is 1.65. The minimum atomic E-state index is -0.0563. The van der Waals surface area contributed by atoms with Gasteiger partial charge in [-0.15, -0.1) is 10.2 Å². The molecule has 1 heterocycles. The van der Waals surface area contributed by atoms with Crippen LogP contribution in [-0.4, -0.2) is 26.4 Å². The number of rotatable bonds is 10. The summed E-state index contributed by atoms with van der Waals surface area (Å²) in [6.07, 6.45) is 0.999. The Morgan fingerprint density at radius 3 is 2.61 bits per heavy atom. The number of thioether (sulfide) groups is 1. The minimum Gasteiger partial charge on any atom is -0.486 e. The Bertz CT molecular complexity index is 1000. The number of aromatic nitrogens is 3. The lowest BCUT2D eigenvalue weighted by Crippen LogP contribution is -2.16. The van der Waals surface area contributed by atoms with Gasteiger partial charge < -0.3 is 14.6 Å². The summed E-state index contributed by atoms with van der Waals surface area (Å²) in [4.78, 5) is 12.5. The largest absolute Gasteiger partial charge is 0.486 e. The molecule has 0 aliphatic carbocycles. The summed E-state index contributed by atoms with van der Waals surface area (Å²) in [7, 11) is 0.